The summed E-state index contributed by atoms with van der Waals surface area (Å²) in [4.78, 5) is 18.2. The first-order chi connectivity index (χ1) is 10.2. The second-order valence-electron chi connectivity index (χ2n) is 5.28. The van der Waals surface area contributed by atoms with E-state index in [1.165, 1.54) is 7.11 Å². The van der Waals surface area contributed by atoms with Gasteiger partial charge in [-0.1, -0.05) is 6.92 Å². The van der Waals surface area contributed by atoms with Gasteiger partial charge in [-0.25, -0.2) is 4.98 Å². The third-order valence-electron chi connectivity index (χ3n) is 3.63. The summed E-state index contributed by atoms with van der Waals surface area (Å²) in [5.74, 6) is -0.167. The molecule has 0 aliphatic carbocycles. The molecular weight excluding hydrogens is 288 g/mol. The van der Waals surface area contributed by atoms with E-state index in [1.54, 1.807) is 11.3 Å². The summed E-state index contributed by atoms with van der Waals surface area (Å²) >= 11 is 1.70. The zero-order valence-corrected chi connectivity index (χ0v) is 13.7. The molecule has 1 atom stereocenters. The second-order valence-corrected chi connectivity index (χ2v) is 6.23. The van der Waals surface area contributed by atoms with Crippen LogP contribution in [0.5, 0.6) is 0 Å². The lowest BCUT2D eigenvalue weighted by atomic mass is 10.2. The van der Waals surface area contributed by atoms with E-state index in [2.05, 4.69) is 22.2 Å². The Balaban J connectivity index is 1.90. The lowest BCUT2D eigenvalue weighted by Gasteiger charge is -2.24. The monoisotopic (exact) mass is 312 g/mol. The van der Waals surface area contributed by atoms with Crippen LogP contribution in [0.3, 0.4) is 0 Å². The van der Waals surface area contributed by atoms with E-state index in [0.29, 0.717) is 13.0 Å². The van der Waals surface area contributed by atoms with Crippen LogP contribution in [0.1, 0.15) is 36.9 Å². The van der Waals surface area contributed by atoms with Gasteiger partial charge in [0.15, 0.2) is 0 Å². The minimum atomic E-state index is -0.167. The highest BCUT2D eigenvalue weighted by Gasteiger charge is 2.20. The van der Waals surface area contributed by atoms with Crippen LogP contribution in [-0.2, 0) is 27.2 Å². The lowest BCUT2D eigenvalue weighted by Crippen LogP contribution is -2.33. The van der Waals surface area contributed by atoms with Gasteiger partial charge in [0.25, 0.3) is 0 Å². The quantitative estimate of drug-likeness (QED) is 0.689. The third-order valence-corrected chi connectivity index (χ3v) is 4.67. The van der Waals surface area contributed by atoms with Crippen LogP contribution in [0.15, 0.2) is 5.38 Å². The number of hydrogen-bond donors (Lipinski definition) is 0. The zero-order chi connectivity index (χ0) is 15.1. The SMILES string of the molecule is CCc1nc(CN(CCC(=O)OC)CC2CCCO2)cs1. The number of hydrogen-bond acceptors (Lipinski definition) is 6. The maximum absolute atomic E-state index is 11.4. The van der Waals surface area contributed by atoms with Crippen LogP contribution in [0.2, 0.25) is 0 Å². The molecule has 21 heavy (non-hydrogen) atoms. The van der Waals surface area contributed by atoms with Crippen molar-refractivity contribution < 1.29 is 14.3 Å². The molecule has 1 unspecified atom stereocenters. The van der Waals surface area contributed by atoms with Crippen LogP contribution >= 0.6 is 11.3 Å². The van der Waals surface area contributed by atoms with Crippen molar-refractivity contribution in [3.8, 4) is 0 Å². The highest BCUT2D eigenvalue weighted by atomic mass is 32.1. The van der Waals surface area contributed by atoms with E-state index in [-0.39, 0.29) is 12.1 Å². The number of rotatable bonds is 8. The van der Waals surface area contributed by atoms with Crippen LogP contribution in [-0.4, -0.2) is 48.8 Å². The minimum Gasteiger partial charge on any atom is -0.469 e. The Hall–Kier alpha value is -0.980. The Labute approximate surface area is 130 Å². The molecule has 0 spiro atoms. The molecule has 1 aromatic rings. The van der Waals surface area contributed by atoms with Crippen molar-refractivity contribution in [2.24, 2.45) is 0 Å². The third kappa shape index (κ3) is 5.37. The maximum Gasteiger partial charge on any atom is 0.306 e. The first-order valence-corrected chi connectivity index (χ1v) is 8.43. The van der Waals surface area contributed by atoms with Gasteiger partial charge in [-0.2, -0.15) is 0 Å². The fourth-order valence-electron chi connectivity index (χ4n) is 2.48. The van der Waals surface area contributed by atoms with Gasteiger partial charge in [0.1, 0.15) is 0 Å². The normalized spacial score (nSPS) is 18.3. The van der Waals surface area contributed by atoms with Gasteiger partial charge in [0.05, 0.1) is 30.3 Å². The van der Waals surface area contributed by atoms with Gasteiger partial charge in [-0.15, -0.1) is 11.3 Å². The number of aromatic nitrogens is 1. The molecular formula is C15H24N2O3S. The molecule has 0 saturated carbocycles. The number of aryl methyl sites for hydroxylation is 1. The number of thiazole rings is 1. The van der Waals surface area contributed by atoms with Gasteiger partial charge >= 0.3 is 5.97 Å². The van der Waals surface area contributed by atoms with E-state index >= 15 is 0 Å². The van der Waals surface area contributed by atoms with Gasteiger partial charge in [0, 0.05) is 31.6 Å². The molecule has 6 heteroatoms. The fourth-order valence-corrected chi connectivity index (χ4v) is 3.21. The first kappa shape index (κ1) is 16.4. The fraction of sp³-hybridized carbons (Fsp3) is 0.733. The zero-order valence-electron chi connectivity index (χ0n) is 12.8. The van der Waals surface area contributed by atoms with Crippen molar-refractivity contribution in [3.05, 3.63) is 16.1 Å². The van der Waals surface area contributed by atoms with Crippen molar-refractivity contribution in [1.82, 2.24) is 9.88 Å². The Morgan fingerprint density at radius 2 is 2.48 bits per heavy atom. The van der Waals surface area contributed by atoms with Crippen molar-refractivity contribution >= 4 is 17.3 Å². The number of ether oxygens (including phenoxy) is 2. The van der Waals surface area contributed by atoms with E-state index in [9.17, 15) is 4.79 Å². The number of carbonyl (C=O) groups excluding carboxylic acids is 1. The summed E-state index contributed by atoms with van der Waals surface area (Å²) in [6, 6.07) is 0. The Morgan fingerprint density at radius 3 is 3.10 bits per heavy atom. The van der Waals surface area contributed by atoms with Gasteiger partial charge in [-0.05, 0) is 19.3 Å². The summed E-state index contributed by atoms with van der Waals surface area (Å²) in [5.41, 5.74) is 1.08. The molecule has 1 fully saturated rings. The molecule has 1 aliphatic heterocycles. The molecule has 0 aromatic carbocycles. The van der Waals surface area contributed by atoms with Crippen molar-refractivity contribution in [2.45, 2.75) is 45.3 Å². The second kappa shape index (κ2) is 8.46. The Morgan fingerprint density at radius 1 is 1.62 bits per heavy atom. The highest BCUT2D eigenvalue weighted by Crippen LogP contribution is 2.17. The number of esters is 1. The van der Waals surface area contributed by atoms with E-state index < -0.39 is 0 Å². The predicted octanol–water partition coefficient (Wildman–Crippen LogP) is 2.25. The molecule has 5 nitrogen and oxygen atoms in total. The molecule has 0 amide bonds. The molecule has 2 heterocycles. The van der Waals surface area contributed by atoms with E-state index in [0.717, 1.165) is 49.7 Å². The Kier molecular flexibility index (Phi) is 6.60. The number of carbonyl (C=O) groups is 1. The molecule has 118 valence electrons. The molecule has 2 rings (SSSR count). The summed E-state index contributed by atoms with van der Waals surface area (Å²) in [7, 11) is 1.43. The summed E-state index contributed by atoms with van der Waals surface area (Å²) in [5, 5.41) is 3.27. The predicted molar refractivity (Wildman–Crippen MR) is 82.4 cm³/mol. The number of methoxy groups -OCH3 is 1. The van der Waals surface area contributed by atoms with Crippen molar-refractivity contribution in [2.75, 3.05) is 26.8 Å². The van der Waals surface area contributed by atoms with E-state index in [4.69, 9.17) is 9.47 Å². The van der Waals surface area contributed by atoms with E-state index in [1.807, 2.05) is 0 Å². The highest BCUT2D eigenvalue weighted by molar-refractivity contribution is 7.09. The molecule has 0 N–H and O–H groups in total. The van der Waals surface area contributed by atoms with Gasteiger partial charge in [-0.3, -0.25) is 9.69 Å². The number of nitrogens with zero attached hydrogens (tertiary/aromatic N) is 2. The Bertz CT molecular complexity index is 444. The van der Waals surface area contributed by atoms with Crippen LogP contribution in [0, 0.1) is 0 Å². The average Bonchev–Trinajstić information content (AvgIpc) is 3.15. The van der Waals surface area contributed by atoms with Crippen LogP contribution in [0.4, 0.5) is 0 Å². The molecule has 0 radical (unpaired) electrons. The molecule has 1 saturated heterocycles. The molecule has 1 aliphatic rings. The van der Waals surface area contributed by atoms with Crippen molar-refractivity contribution in [3.63, 3.8) is 0 Å². The first-order valence-electron chi connectivity index (χ1n) is 7.55. The standard InChI is InChI=1S/C15H24N2O3S/c1-3-14-16-12(11-21-14)9-17(7-6-15(18)19-2)10-13-5-4-8-20-13/h11,13H,3-10H2,1-2H3. The largest absolute Gasteiger partial charge is 0.469 e. The minimum absolute atomic E-state index is 0.167. The lowest BCUT2D eigenvalue weighted by molar-refractivity contribution is -0.141. The topological polar surface area (TPSA) is 51.7 Å². The van der Waals surface area contributed by atoms with Crippen LogP contribution < -0.4 is 0 Å². The van der Waals surface area contributed by atoms with Gasteiger partial charge < -0.3 is 9.47 Å². The molecule has 1 aromatic heterocycles. The van der Waals surface area contributed by atoms with Crippen LogP contribution in [0.25, 0.3) is 0 Å². The van der Waals surface area contributed by atoms with Gasteiger partial charge in [0.2, 0.25) is 0 Å². The average molecular weight is 312 g/mol. The summed E-state index contributed by atoms with van der Waals surface area (Å²) < 4.78 is 10.4. The summed E-state index contributed by atoms with van der Waals surface area (Å²) in [6.07, 6.45) is 3.90. The van der Waals surface area contributed by atoms with Crippen molar-refractivity contribution in [1.29, 1.82) is 0 Å². The smallest absolute Gasteiger partial charge is 0.306 e. The summed E-state index contributed by atoms with van der Waals surface area (Å²) in [6.45, 7) is 5.28. The maximum atomic E-state index is 11.4. The molecule has 0 bridgehead atoms.